The van der Waals surface area contributed by atoms with Gasteiger partial charge in [0.25, 0.3) is 0 Å². The molecule has 0 radical (unpaired) electrons. The monoisotopic (exact) mass is 140 g/mol. The summed E-state index contributed by atoms with van der Waals surface area (Å²) < 4.78 is 0. The van der Waals surface area contributed by atoms with Crippen molar-refractivity contribution in [1.82, 2.24) is 10.2 Å². The van der Waals surface area contributed by atoms with E-state index >= 15 is 0 Å². The molecule has 2 heteroatoms. The van der Waals surface area contributed by atoms with E-state index in [0.717, 1.165) is 13.1 Å². The van der Waals surface area contributed by atoms with E-state index < -0.39 is 0 Å². The molecule has 0 fully saturated rings. The Balaban J connectivity index is 2.33. The zero-order valence-electron chi connectivity index (χ0n) is 6.85. The SMILES string of the molecule is CNCC1=CCN(C)CC1. The molecule has 10 heavy (non-hydrogen) atoms. The summed E-state index contributed by atoms with van der Waals surface area (Å²) in [7, 11) is 4.16. The van der Waals surface area contributed by atoms with Crippen LogP contribution in [0.15, 0.2) is 11.6 Å². The Morgan fingerprint density at radius 1 is 1.70 bits per heavy atom. The third-order valence-corrected chi connectivity index (χ3v) is 1.91. The fourth-order valence-electron chi connectivity index (χ4n) is 1.20. The van der Waals surface area contributed by atoms with Crippen LogP contribution >= 0.6 is 0 Å². The van der Waals surface area contributed by atoms with Gasteiger partial charge in [0.15, 0.2) is 0 Å². The van der Waals surface area contributed by atoms with E-state index in [2.05, 4.69) is 23.3 Å². The van der Waals surface area contributed by atoms with Gasteiger partial charge in [-0.2, -0.15) is 0 Å². The second-order valence-corrected chi connectivity index (χ2v) is 2.90. The zero-order valence-corrected chi connectivity index (χ0v) is 6.85. The van der Waals surface area contributed by atoms with Crippen LogP contribution in [-0.4, -0.2) is 38.6 Å². The molecule has 0 bridgehead atoms. The number of hydrogen-bond donors (Lipinski definition) is 1. The van der Waals surface area contributed by atoms with Crippen molar-refractivity contribution in [3.05, 3.63) is 11.6 Å². The molecule has 0 saturated heterocycles. The van der Waals surface area contributed by atoms with Crippen LogP contribution in [-0.2, 0) is 0 Å². The third kappa shape index (κ3) is 2.12. The minimum absolute atomic E-state index is 1.06. The van der Waals surface area contributed by atoms with Crippen molar-refractivity contribution in [1.29, 1.82) is 0 Å². The lowest BCUT2D eigenvalue weighted by atomic mass is 10.1. The first kappa shape index (κ1) is 7.76. The molecular weight excluding hydrogens is 124 g/mol. The minimum atomic E-state index is 1.06. The Bertz CT molecular complexity index is 129. The minimum Gasteiger partial charge on any atom is -0.316 e. The Morgan fingerprint density at radius 3 is 3.00 bits per heavy atom. The van der Waals surface area contributed by atoms with Gasteiger partial charge in [-0.05, 0) is 20.5 Å². The molecule has 0 aromatic rings. The zero-order chi connectivity index (χ0) is 7.40. The van der Waals surface area contributed by atoms with Crippen molar-refractivity contribution in [3.63, 3.8) is 0 Å². The summed E-state index contributed by atoms with van der Waals surface area (Å²) in [6.45, 7) is 3.40. The van der Waals surface area contributed by atoms with Crippen LogP contribution in [0.5, 0.6) is 0 Å². The van der Waals surface area contributed by atoms with E-state index in [1.165, 1.54) is 13.0 Å². The van der Waals surface area contributed by atoms with Crippen molar-refractivity contribution in [2.75, 3.05) is 33.7 Å². The summed E-state index contributed by atoms with van der Waals surface area (Å²) >= 11 is 0. The van der Waals surface area contributed by atoms with Gasteiger partial charge in [0.2, 0.25) is 0 Å². The number of hydrogen-bond acceptors (Lipinski definition) is 2. The van der Waals surface area contributed by atoms with Gasteiger partial charge in [0.1, 0.15) is 0 Å². The van der Waals surface area contributed by atoms with Crippen LogP contribution in [0.25, 0.3) is 0 Å². The normalized spacial score (nSPS) is 20.8. The molecule has 0 aromatic heterocycles. The largest absolute Gasteiger partial charge is 0.316 e. The molecule has 1 N–H and O–H groups in total. The van der Waals surface area contributed by atoms with Crippen LogP contribution in [0.1, 0.15) is 6.42 Å². The van der Waals surface area contributed by atoms with Crippen molar-refractivity contribution >= 4 is 0 Å². The summed E-state index contributed by atoms with van der Waals surface area (Å²) in [5.74, 6) is 0. The van der Waals surface area contributed by atoms with E-state index in [9.17, 15) is 0 Å². The third-order valence-electron chi connectivity index (χ3n) is 1.91. The Hall–Kier alpha value is -0.340. The highest BCUT2D eigenvalue weighted by Gasteiger charge is 2.05. The number of rotatable bonds is 2. The lowest BCUT2D eigenvalue weighted by molar-refractivity contribution is 0.357. The Morgan fingerprint density at radius 2 is 2.50 bits per heavy atom. The first-order valence-electron chi connectivity index (χ1n) is 3.84. The molecule has 2 nitrogen and oxygen atoms in total. The molecule has 0 saturated carbocycles. The summed E-state index contributed by atoms with van der Waals surface area (Å²) in [4.78, 5) is 2.33. The number of nitrogens with zero attached hydrogens (tertiary/aromatic N) is 1. The lowest BCUT2D eigenvalue weighted by Gasteiger charge is -2.21. The standard InChI is InChI=1S/C8H16N2/c1-9-7-8-3-5-10(2)6-4-8/h3,9H,4-7H2,1-2H3. The summed E-state index contributed by atoms with van der Waals surface area (Å²) in [5, 5.41) is 3.17. The Kier molecular flexibility index (Phi) is 2.90. The average molecular weight is 140 g/mol. The number of likely N-dealkylation sites (N-methyl/N-ethyl adjacent to an activating group) is 2. The molecule has 1 heterocycles. The van der Waals surface area contributed by atoms with Gasteiger partial charge in [-0.3, -0.25) is 0 Å². The van der Waals surface area contributed by atoms with Gasteiger partial charge < -0.3 is 10.2 Å². The molecule has 58 valence electrons. The van der Waals surface area contributed by atoms with Gasteiger partial charge in [0, 0.05) is 19.6 Å². The first-order valence-corrected chi connectivity index (χ1v) is 3.84. The van der Waals surface area contributed by atoms with Crippen LogP contribution in [0.3, 0.4) is 0 Å². The van der Waals surface area contributed by atoms with Gasteiger partial charge in [0.05, 0.1) is 0 Å². The maximum absolute atomic E-state index is 3.17. The van der Waals surface area contributed by atoms with E-state index in [0.29, 0.717) is 0 Å². The summed E-state index contributed by atoms with van der Waals surface area (Å²) in [6, 6.07) is 0. The topological polar surface area (TPSA) is 15.3 Å². The number of nitrogens with one attached hydrogen (secondary N) is 1. The highest BCUT2D eigenvalue weighted by Crippen LogP contribution is 2.06. The molecule has 0 atom stereocenters. The molecule has 0 spiro atoms. The average Bonchev–Trinajstić information content (AvgIpc) is 1.95. The van der Waals surface area contributed by atoms with Crippen molar-refractivity contribution in [3.8, 4) is 0 Å². The summed E-state index contributed by atoms with van der Waals surface area (Å²) in [5.41, 5.74) is 1.56. The smallest absolute Gasteiger partial charge is 0.0163 e. The van der Waals surface area contributed by atoms with E-state index in [-0.39, 0.29) is 0 Å². The fourth-order valence-corrected chi connectivity index (χ4v) is 1.20. The predicted molar refractivity (Wildman–Crippen MR) is 44.1 cm³/mol. The van der Waals surface area contributed by atoms with E-state index in [1.807, 2.05) is 7.05 Å². The maximum atomic E-state index is 3.17. The molecular formula is C8H16N2. The molecule has 0 aromatic carbocycles. The highest BCUT2D eigenvalue weighted by molar-refractivity contribution is 5.08. The van der Waals surface area contributed by atoms with Crippen LogP contribution in [0.4, 0.5) is 0 Å². The van der Waals surface area contributed by atoms with Crippen LogP contribution < -0.4 is 5.32 Å². The highest BCUT2D eigenvalue weighted by atomic mass is 15.1. The molecule has 1 aliphatic rings. The predicted octanol–water partition coefficient (Wildman–Crippen LogP) is 0.468. The van der Waals surface area contributed by atoms with Crippen molar-refractivity contribution < 1.29 is 0 Å². The Labute approximate surface area is 62.9 Å². The van der Waals surface area contributed by atoms with Crippen molar-refractivity contribution in [2.45, 2.75) is 6.42 Å². The molecule has 0 aliphatic carbocycles. The van der Waals surface area contributed by atoms with Gasteiger partial charge in [-0.25, -0.2) is 0 Å². The molecule has 1 aliphatic heterocycles. The van der Waals surface area contributed by atoms with Crippen LogP contribution in [0.2, 0.25) is 0 Å². The quantitative estimate of drug-likeness (QED) is 0.561. The molecule has 0 amide bonds. The maximum Gasteiger partial charge on any atom is 0.0163 e. The van der Waals surface area contributed by atoms with E-state index in [4.69, 9.17) is 0 Å². The van der Waals surface area contributed by atoms with Crippen molar-refractivity contribution in [2.24, 2.45) is 0 Å². The van der Waals surface area contributed by atoms with E-state index in [1.54, 1.807) is 5.57 Å². The lowest BCUT2D eigenvalue weighted by Crippen LogP contribution is -2.26. The van der Waals surface area contributed by atoms with Gasteiger partial charge in [-0.15, -0.1) is 0 Å². The summed E-state index contributed by atoms with van der Waals surface area (Å²) in [6.07, 6.45) is 3.55. The second kappa shape index (κ2) is 3.74. The fraction of sp³-hybridized carbons (Fsp3) is 0.750. The van der Waals surface area contributed by atoms with Gasteiger partial charge >= 0.3 is 0 Å². The van der Waals surface area contributed by atoms with Crippen LogP contribution in [0, 0.1) is 0 Å². The first-order chi connectivity index (χ1) is 4.83. The molecule has 1 rings (SSSR count). The molecule has 0 unspecified atom stereocenters. The van der Waals surface area contributed by atoms with Gasteiger partial charge in [-0.1, -0.05) is 11.6 Å². The second-order valence-electron chi connectivity index (χ2n) is 2.90.